The molecular weight excluding hydrogens is 240 g/mol. The highest BCUT2D eigenvalue weighted by Gasteiger charge is 2.09. The van der Waals surface area contributed by atoms with Gasteiger partial charge in [0.05, 0.1) is 0 Å². The second kappa shape index (κ2) is 4.45. The van der Waals surface area contributed by atoms with Crippen molar-refractivity contribution in [3.63, 3.8) is 0 Å². The van der Waals surface area contributed by atoms with E-state index in [1.807, 2.05) is 24.3 Å². The maximum absolute atomic E-state index is 5.64. The van der Waals surface area contributed by atoms with Crippen molar-refractivity contribution >= 4 is 11.4 Å². The van der Waals surface area contributed by atoms with Crippen molar-refractivity contribution in [2.24, 2.45) is 0 Å². The molecule has 94 valence electrons. The third kappa shape index (κ3) is 2.26. The summed E-state index contributed by atoms with van der Waals surface area (Å²) in [6.45, 7) is 0. The van der Waals surface area contributed by atoms with Crippen LogP contribution in [0.3, 0.4) is 0 Å². The fraction of sp³-hybridized carbons (Fsp3) is 0. The molecule has 0 aliphatic heterocycles. The first-order chi connectivity index (χ1) is 9.22. The van der Waals surface area contributed by atoms with Crippen molar-refractivity contribution in [2.75, 3.05) is 11.5 Å². The van der Waals surface area contributed by atoms with Gasteiger partial charge in [-0.05, 0) is 48.5 Å². The van der Waals surface area contributed by atoms with Gasteiger partial charge in [-0.25, -0.2) is 0 Å². The molecule has 0 bridgehead atoms. The van der Waals surface area contributed by atoms with Crippen molar-refractivity contribution in [2.45, 2.75) is 0 Å². The lowest BCUT2D eigenvalue weighted by molar-refractivity contribution is 0.584. The fourth-order valence-electron chi connectivity index (χ4n) is 1.71. The molecule has 2 aromatic carbocycles. The van der Waals surface area contributed by atoms with Crippen molar-refractivity contribution in [3.8, 4) is 22.9 Å². The molecule has 1 aromatic heterocycles. The van der Waals surface area contributed by atoms with Gasteiger partial charge in [-0.2, -0.15) is 0 Å². The van der Waals surface area contributed by atoms with Crippen LogP contribution < -0.4 is 11.5 Å². The monoisotopic (exact) mass is 252 g/mol. The van der Waals surface area contributed by atoms with Gasteiger partial charge < -0.3 is 15.9 Å². The Morgan fingerprint density at radius 3 is 1.37 bits per heavy atom. The van der Waals surface area contributed by atoms with E-state index in [1.165, 1.54) is 0 Å². The lowest BCUT2D eigenvalue weighted by atomic mass is 10.2. The van der Waals surface area contributed by atoms with E-state index in [2.05, 4.69) is 10.2 Å². The minimum absolute atomic E-state index is 0.465. The van der Waals surface area contributed by atoms with Gasteiger partial charge in [0.2, 0.25) is 11.8 Å². The number of aromatic nitrogens is 2. The summed E-state index contributed by atoms with van der Waals surface area (Å²) in [6.07, 6.45) is 0. The predicted octanol–water partition coefficient (Wildman–Crippen LogP) is 2.57. The summed E-state index contributed by atoms with van der Waals surface area (Å²) in [4.78, 5) is 0. The van der Waals surface area contributed by atoms with Gasteiger partial charge in [0.15, 0.2) is 0 Å². The van der Waals surface area contributed by atoms with Crippen LogP contribution in [0.15, 0.2) is 52.9 Å². The molecule has 0 amide bonds. The van der Waals surface area contributed by atoms with Crippen molar-refractivity contribution in [3.05, 3.63) is 48.5 Å². The quantitative estimate of drug-likeness (QED) is 0.684. The zero-order chi connectivity index (χ0) is 13.2. The second-order valence-corrected chi connectivity index (χ2v) is 4.16. The van der Waals surface area contributed by atoms with Crippen LogP contribution in [0.25, 0.3) is 22.9 Å². The lowest BCUT2D eigenvalue weighted by Crippen LogP contribution is -1.83. The molecule has 0 aliphatic rings. The molecule has 19 heavy (non-hydrogen) atoms. The molecule has 4 N–H and O–H groups in total. The number of rotatable bonds is 2. The Balaban J connectivity index is 1.95. The summed E-state index contributed by atoms with van der Waals surface area (Å²) in [6, 6.07) is 14.5. The topological polar surface area (TPSA) is 91.0 Å². The highest BCUT2D eigenvalue weighted by atomic mass is 16.4. The highest BCUT2D eigenvalue weighted by Crippen LogP contribution is 2.24. The zero-order valence-electron chi connectivity index (χ0n) is 10.1. The normalized spacial score (nSPS) is 10.5. The van der Waals surface area contributed by atoms with Gasteiger partial charge in [0.1, 0.15) is 0 Å². The third-order valence-corrected chi connectivity index (χ3v) is 2.74. The van der Waals surface area contributed by atoms with Crippen molar-refractivity contribution in [1.29, 1.82) is 0 Å². The third-order valence-electron chi connectivity index (χ3n) is 2.74. The first kappa shape index (κ1) is 11.3. The lowest BCUT2D eigenvalue weighted by Gasteiger charge is -1.96. The summed E-state index contributed by atoms with van der Waals surface area (Å²) in [7, 11) is 0. The van der Waals surface area contributed by atoms with E-state index in [4.69, 9.17) is 15.9 Å². The SMILES string of the molecule is Nc1ccc(-c2nnc(-c3ccc(N)cc3)o2)cc1. The van der Waals surface area contributed by atoms with Crippen LogP contribution in [0.5, 0.6) is 0 Å². The molecule has 5 nitrogen and oxygen atoms in total. The average Bonchev–Trinajstić information content (AvgIpc) is 2.90. The molecule has 0 radical (unpaired) electrons. The Morgan fingerprint density at radius 2 is 1.00 bits per heavy atom. The zero-order valence-corrected chi connectivity index (χ0v) is 10.1. The summed E-state index contributed by atoms with van der Waals surface area (Å²) in [5.41, 5.74) is 14.3. The minimum Gasteiger partial charge on any atom is -0.416 e. The molecule has 0 aliphatic carbocycles. The molecule has 0 spiro atoms. The van der Waals surface area contributed by atoms with Gasteiger partial charge in [-0.15, -0.1) is 10.2 Å². The summed E-state index contributed by atoms with van der Waals surface area (Å²) in [5, 5.41) is 8.05. The van der Waals surface area contributed by atoms with Gasteiger partial charge in [0.25, 0.3) is 0 Å². The van der Waals surface area contributed by atoms with E-state index >= 15 is 0 Å². The van der Waals surface area contributed by atoms with Gasteiger partial charge >= 0.3 is 0 Å². The van der Waals surface area contributed by atoms with E-state index in [0.717, 1.165) is 11.1 Å². The van der Waals surface area contributed by atoms with Crippen LogP contribution in [0, 0.1) is 0 Å². The number of nitrogens with two attached hydrogens (primary N) is 2. The molecule has 0 unspecified atom stereocenters. The van der Waals surface area contributed by atoms with Gasteiger partial charge in [-0.1, -0.05) is 0 Å². The molecule has 0 fully saturated rings. The van der Waals surface area contributed by atoms with Crippen LogP contribution >= 0.6 is 0 Å². The molecule has 5 heteroatoms. The van der Waals surface area contributed by atoms with Crippen LogP contribution in [0.2, 0.25) is 0 Å². The number of nitrogen functional groups attached to an aromatic ring is 2. The Morgan fingerprint density at radius 1 is 0.632 bits per heavy atom. The number of anilines is 2. The first-order valence-electron chi connectivity index (χ1n) is 5.78. The standard InChI is InChI=1S/C14H12N4O/c15-11-5-1-9(2-6-11)13-17-18-14(19-13)10-3-7-12(16)8-4-10/h1-8H,15-16H2. The number of nitrogens with zero attached hydrogens (tertiary/aromatic N) is 2. The van der Waals surface area contributed by atoms with E-state index in [1.54, 1.807) is 24.3 Å². The maximum atomic E-state index is 5.64. The van der Waals surface area contributed by atoms with E-state index in [0.29, 0.717) is 23.2 Å². The molecule has 0 saturated heterocycles. The van der Waals surface area contributed by atoms with Crippen LogP contribution in [-0.2, 0) is 0 Å². The van der Waals surface area contributed by atoms with Crippen LogP contribution in [0.4, 0.5) is 11.4 Å². The van der Waals surface area contributed by atoms with E-state index in [9.17, 15) is 0 Å². The molecular formula is C14H12N4O. The molecule has 0 saturated carbocycles. The molecule has 0 atom stereocenters. The van der Waals surface area contributed by atoms with Crippen molar-refractivity contribution in [1.82, 2.24) is 10.2 Å². The molecule has 1 heterocycles. The van der Waals surface area contributed by atoms with E-state index in [-0.39, 0.29) is 0 Å². The van der Waals surface area contributed by atoms with Gasteiger partial charge in [-0.3, -0.25) is 0 Å². The Bertz CT molecular complexity index is 626. The minimum atomic E-state index is 0.465. The average molecular weight is 252 g/mol. The van der Waals surface area contributed by atoms with Crippen LogP contribution in [0.1, 0.15) is 0 Å². The summed E-state index contributed by atoms with van der Waals surface area (Å²) < 4.78 is 5.63. The summed E-state index contributed by atoms with van der Waals surface area (Å²) >= 11 is 0. The molecule has 3 aromatic rings. The number of hydrogen-bond acceptors (Lipinski definition) is 5. The van der Waals surface area contributed by atoms with Gasteiger partial charge in [0, 0.05) is 22.5 Å². The largest absolute Gasteiger partial charge is 0.416 e. The number of benzene rings is 2. The number of hydrogen-bond donors (Lipinski definition) is 2. The Labute approximate surface area is 109 Å². The smallest absolute Gasteiger partial charge is 0.248 e. The first-order valence-corrected chi connectivity index (χ1v) is 5.78. The second-order valence-electron chi connectivity index (χ2n) is 4.16. The Hall–Kier alpha value is -2.82. The maximum Gasteiger partial charge on any atom is 0.248 e. The van der Waals surface area contributed by atoms with Crippen molar-refractivity contribution < 1.29 is 4.42 Å². The van der Waals surface area contributed by atoms with E-state index < -0.39 is 0 Å². The Kier molecular flexibility index (Phi) is 2.64. The van der Waals surface area contributed by atoms with Crippen LogP contribution in [-0.4, -0.2) is 10.2 Å². The summed E-state index contributed by atoms with van der Waals surface area (Å²) in [5.74, 6) is 0.929. The molecule has 3 rings (SSSR count). The highest BCUT2D eigenvalue weighted by molar-refractivity contribution is 5.61. The predicted molar refractivity (Wildman–Crippen MR) is 74.0 cm³/mol. The fourth-order valence-corrected chi connectivity index (χ4v) is 1.71.